The third-order valence-electron chi connectivity index (χ3n) is 1.89. The predicted molar refractivity (Wildman–Crippen MR) is 58.1 cm³/mol. The SMILES string of the molecule is CN(C)CC1=CC(C)(C)C=CN=C1. The molecule has 0 aromatic carbocycles. The molecular formula is C11H18N2. The van der Waals surface area contributed by atoms with Crippen molar-refractivity contribution in [2.24, 2.45) is 10.4 Å². The fourth-order valence-corrected chi connectivity index (χ4v) is 1.39. The van der Waals surface area contributed by atoms with Gasteiger partial charge in [0.1, 0.15) is 0 Å². The second kappa shape index (κ2) is 3.88. The topological polar surface area (TPSA) is 15.6 Å². The van der Waals surface area contributed by atoms with Crippen molar-refractivity contribution in [1.29, 1.82) is 0 Å². The van der Waals surface area contributed by atoms with Gasteiger partial charge in [-0.05, 0) is 19.7 Å². The van der Waals surface area contributed by atoms with E-state index in [4.69, 9.17) is 0 Å². The Morgan fingerprint density at radius 2 is 2.08 bits per heavy atom. The highest BCUT2D eigenvalue weighted by Gasteiger charge is 2.12. The quantitative estimate of drug-likeness (QED) is 0.632. The van der Waals surface area contributed by atoms with Gasteiger partial charge in [-0.15, -0.1) is 0 Å². The van der Waals surface area contributed by atoms with E-state index in [0.717, 1.165) is 6.54 Å². The van der Waals surface area contributed by atoms with Crippen LogP contribution in [0.4, 0.5) is 0 Å². The van der Waals surface area contributed by atoms with Crippen molar-refractivity contribution in [3.05, 3.63) is 23.9 Å². The van der Waals surface area contributed by atoms with Crippen molar-refractivity contribution in [3.63, 3.8) is 0 Å². The summed E-state index contributed by atoms with van der Waals surface area (Å²) in [4.78, 5) is 6.35. The molecule has 0 N–H and O–H groups in total. The molecule has 0 saturated heterocycles. The maximum atomic E-state index is 4.20. The van der Waals surface area contributed by atoms with Gasteiger partial charge in [0.15, 0.2) is 0 Å². The molecule has 0 radical (unpaired) electrons. The van der Waals surface area contributed by atoms with Gasteiger partial charge in [0.2, 0.25) is 0 Å². The van der Waals surface area contributed by atoms with Crippen molar-refractivity contribution < 1.29 is 0 Å². The summed E-state index contributed by atoms with van der Waals surface area (Å²) >= 11 is 0. The van der Waals surface area contributed by atoms with Crippen LogP contribution in [0.15, 0.2) is 28.9 Å². The van der Waals surface area contributed by atoms with E-state index < -0.39 is 0 Å². The van der Waals surface area contributed by atoms with Crippen molar-refractivity contribution in [3.8, 4) is 0 Å². The molecule has 1 aliphatic heterocycles. The molecule has 13 heavy (non-hydrogen) atoms. The van der Waals surface area contributed by atoms with E-state index in [2.05, 4.69) is 50.0 Å². The van der Waals surface area contributed by atoms with E-state index >= 15 is 0 Å². The van der Waals surface area contributed by atoms with Gasteiger partial charge in [0.25, 0.3) is 0 Å². The predicted octanol–water partition coefficient (Wildman–Crippen LogP) is 2.10. The minimum Gasteiger partial charge on any atom is -0.305 e. The second-order valence-electron chi connectivity index (χ2n) is 4.37. The molecule has 0 aromatic rings. The van der Waals surface area contributed by atoms with Crippen LogP contribution in [0.5, 0.6) is 0 Å². The molecule has 1 heterocycles. The third kappa shape index (κ3) is 3.55. The van der Waals surface area contributed by atoms with Gasteiger partial charge in [-0.25, -0.2) is 0 Å². The van der Waals surface area contributed by atoms with Gasteiger partial charge >= 0.3 is 0 Å². The Balaban J connectivity index is 2.79. The molecule has 0 saturated carbocycles. The molecule has 0 bridgehead atoms. The number of aliphatic imine (C=N–C) groups is 1. The van der Waals surface area contributed by atoms with E-state index in [0.29, 0.717) is 0 Å². The molecule has 0 amide bonds. The van der Waals surface area contributed by atoms with Gasteiger partial charge < -0.3 is 4.90 Å². The first-order valence-corrected chi connectivity index (χ1v) is 4.57. The molecule has 0 atom stereocenters. The monoisotopic (exact) mass is 178 g/mol. The van der Waals surface area contributed by atoms with E-state index in [1.165, 1.54) is 5.57 Å². The zero-order valence-corrected chi connectivity index (χ0v) is 8.91. The summed E-state index contributed by atoms with van der Waals surface area (Å²) in [5.74, 6) is 0. The molecule has 0 unspecified atom stereocenters. The lowest BCUT2D eigenvalue weighted by Gasteiger charge is -2.16. The van der Waals surface area contributed by atoms with Crippen LogP contribution in [0.25, 0.3) is 0 Å². The second-order valence-corrected chi connectivity index (χ2v) is 4.37. The summed E-state index contributed by atoms with van der Waals surface area (Å²) < 4.78 is 0. The molecule has 0 aromatic heterocycles. The maximum Gasteiger partial charge on any atom is 0.0309 e. The van der Waals surface area contributed by atoms with Crippen LogP contribution < -0.4 is 0 Å². The molecule has 0 spiro atoms. The van der Waals surface area contributed by atoms with Gasteiger partial charge in [-0.3, -0.25) is 4.99 Å². The highest BCUT2D eigenvalue weighted by atomic mass is 15.0. The minimum absolute atomic E-state index is 0.127. The van der Waals surface area contributed by atoms with E-state index in [9.17, 15) is 0 Å². The highest BCUT2D eigenvalue weighted by molar-refractivity contribution is 5.80. The average molecular weight is 178 g/mol. The largest absolute Gasteiger partial charge is 0.305 e. The van der Waals surface area contributed by atoms with Gasteiger partial charge in [0, 0.05) is 24.4 Å². The van der Waals surface area contributed by atoms with Crippen LogP contribution in [0.1, 0.15) is 13.8 Å². The molecule has 1 aliphatic rings. The lowest BCUT2D eigenvalue weighted by molar-refractivity contribution is 0.448. The first kappa shape index (κ1) is 10.2. The van der Waals surface area contributed by atoms with Crippen LogP contribution >= 0.6 is 0 Å². The third-order valence-corrected chi connectivity index (χ3v) is 1.89. The molecule has 0 aliphatic carbocycles. The Labute approximate surface area is 80.7 Å². The van der Waals surface area contributed by atoms with E-state index in [1.54, 1.807) is 0 Å². The Bertz CT molecular complexity index is 257. The molecular weight excluding hydrogens is 160 g/mol. The fraction of sp³-hybridized carbons (Fsp3) is 0.545. The van der Waals surface area contributed by atoms with Crippen molar-refractivity contribution in [2.75, 3.05) is 20.6 Å². The lowest BCUT2D eigenvalue weighted by Crippen LogP contribution is -2.17. The zero-order chi connectivity index (χ0) is 9.90. The van der Waals surface area contributed by atoms with Crippen LogP contribution in [0.2, 0.25) is 0 Å². The Morgan fingerprint density at radius 1 is 1.38 bits per heavy atom. The highest BCUT2D eigenvalue weighted by Crippen LogP contribution is 2.22. The van der Waals surface area contributed by atoms with E-state index in [-0.39, 0.29) is 5.41 Å². The molecule has 2 heteroatoms. The van der Waals surface area contributed by atoms with Crippen LogP contribution in [0, 0.1) is 5.41 Å². The number of rotatable bonds is 2. The number of likely N-dealkylation sites (N-methyl/N-ethyl adjacent to an activating group) is 1. The average Bonchev–Trinajstić information content (AvgIpc) is 2.09. The molecule has 72 valence electrons. The number of allylic oxidation sites excluding steroid dienone is 2. The number of hydrogen-bond acceptors (Lipinski definition) is 2. The fourth-order valence-electron chi connectivity index (χ4n) is 1.39. The summed E-state index contributed by atoms with van der Waals surface area (Å²) in [6.45, 7) is 5.33. The number of hydrogen-bond donors (Lipinski definition) is 0. The van der Waals surface area contributed by atoms with E-state index in [1.807, 2.05) is 12.4 Å². The van der Waals surface area contributed by atoms with Crippen molar-refractivity contribution >= 4 is 6.21 Å². The normalized spacial score (nSPS) is 20.2. The van der Waals surface area contributed by atoms with Gasteiger partial charge in [0.05, 0.1) is 0 Å². The Hall–Kier alpha value is -0.890. The summed E-state index contributed by atoms with van der Waals surface area (Å²) in [6.07, 6.45) is 8.19. The minimum atomic E-state index is 0.127. The summed E-state index contributed by atoms with van der Waals surface area (Å²) in [7, 11) is 4.14. The Morgan fingerprint density at radius 3 is 2.69 bits per heavy atom. The maximum absolute atomic E-state index is 4.20. The first-order valence-electron chi connectivity index (χ1n) is 4.57. The summed E-state index contributed by atoms with van der Waals surface area (Å²) in [6, 6.07) is 0. The van der Waals surface area contributed by atoms with Gasteiger partial charge in [-0.2, -0.15) is 0 Å². The van der Waals surface area contributed by atoms with Crippen molar-refractivity contribution in [1.82, 2.24) is 4.90 Å². The molecule has 2 nitrogen and oxygen atoms in total. The number of nitrogens with zero attached hydrogens (tertiary/aromatic N) is 2. The first-order chi connectivity index (χ1) is 5.99. The van der Waals surface area contributed by atoms with Crippen LogP contribution in [-0.4, -0.2) is 31.8 Å². The lowest BCUT2D eigenvalue weighted by atomic mass is 9.91. The molecule has 0 fully saturated rings. The standard InChI is InChI=1S/C11H18N2/c1-11(2)5-6-12-8-10(7-11)9-13(3)4/h5-8H,9H2,1-4H3. The zero-order valence-electron chi connectivity index (χ0n) is 8.91. The smallest absolute Gasteiger partial charge is 0.0309 e. The summed E-state index contributed by atoms with van der Waals surface area (Å²) in [5, 5.41) is 0. The molecule has 1 rings (SSSR count). The van der Waals surface area contributed by atoms with Crippen molar-refractivity contribution in [2.45, 2.75) is 13.8 Å². The van der Waals surface area contributed by atoms with Gasteiger partial charge in [-0.1, -0.05) is 26.0 Å². The summed E-state index contributed by atoms with van der Waals surface area (Å²) in [5.41, 5.74) is 1.40. The van der Waals surface area contributed by atoms with Crippen LogP contribution in [0.3, 0.4) is 0 Å². The Kier molecular flexibility index (Phi) is 3.04. The van der Waals surface area contributed by atoms with Crippen LogP contribution in [-0.2, 0) is 0 Å².